The summed E-state index contributed by atoms with van der Waals surface area (Å²) in [7, 11) is 3.59. The van der Waals surface area contributed by atoms with Crippen LogP contribution in [0, 0.1) is 0 Å². The lowest BCUT2D eigenvalue weighted by Crippen LogP contribution is -2.39. The molecule has 3 rings (SSSR count). The molecule has 1 atom stereocenters. The Labute approximate surface area is 173 Å². The van der Waals surface area contributed by atoms with Crippen LogP contribution < -0.4 is 5.32 Å². The third-order valence-electron chi connectivity index (χ3n) is 4.72. The van der Waals surface area contributed by atoms with Gasteiger partial charge in [-0.25, -0.2) is 0 Å². The van der Waals surface area contributed by atoms with E-state index < -0.39 is 0 Å². The summed E-state index contributed by atoms with van der Waals surface area (Å²) in [6.45, 7) is 3.49. The van der Waals surface area contributed by atoms with Gasteiger partial charge in [-0.3, -0.25) is 4.99 Å². The van der Waals surface area contributed by atoms with Gasteiger partial charge in [0.2, 0.25) is 0 Å². The molecule has 1 unspecified atom stereocenters. The van der Waals surface area contributed by atoms with Crippen LogP contribution in [0.1, 0.15) is 29.0 Å². The van der Waals surface area contributed by atoms with E-state index in [2.05, 4.69) is 69.8 Å². The van der Waals surface area contributed by atoms with Crippen molar-refractivity contribution < 1.29 is 4.74 Å². The van der Waals surface area contributed by atoms with E-state index in [0.717, 1.165) is 25.6 Å². The second kappa shape index (κ2) is 10.5. The summed E-state index contributed by atoms with van der Waals surface area (Å²) in [5.74, 6) is 1.57. The summed E-state index contributed by atoms with van der Waals surface area (Å²) < 4.78 is 5.21. The third-order valence-corrected chi connectivity index (χ3v) is 4.72. The quantitative estimate of drug-likeness (QED) is 0.412. The Morgan fingerprint density at radius 3 is 2.65 bits per heavy atom. The highest BCUT2D eigenvalue weighted by atomic mass is 127. The summed E-state index contributed by atoms with van der Waals surface area (Å²) >= 11 is 0. The summed E-state index contributed by atoms with van der Waals surface area (Å²) in [5.41, 5.74) is 3.87. The Morgan fingerprint density at radius 2 is 1.92 bits per heavy atom. The Bertz CT molecular complexity index is 705. The van der Waals surface area contributed by atoms with Crippen molar-refractivity contribution in [3.05, 3.63) is 71.3 Å². The number of hydrogen-bond donors (Lipinski definition) is 1. The number of benzene rings is 2. The molecular formula is C21H28IN3O. The van der Waals surface area contributed by atoms with Crippen LogP contribution in [-0.4, -0.2) is 38.1 Å². The average Bonchev–Trinajstić information content (AvgIpc) is 3.14. The molecule has 1 fully saturated rings. The van der Waals surface area contributed by atoms with Gasteiger partial charge < -0.3 is 15.0 Å². The monoisotopic (exact) mass is 465 g/mol. The van der Waals surface area contributed by atoms with E-state index in [1.807, 2.05) is 7.05 Å². The molecule has 0 spiro atoms. The van der Waals surface area contributed by atoms with Gasteiger partial charge in [-0.15, -0.1) is 24.0 Å². The molecule has 1 aliphatic rings. The van der Waals surface area contributed by atoms with Crippen molar-refractivity contribution in [2.24, 2.45) is 4.99 Å². The second-order valence-corrected chi connectivity index (χ2v) is 6.50. The molecule has 1 aliphatic heterocycles. The van der Waals surface area contributed by atoms with E-state index in [9.17, 15) is 0 Å². The number of nitrogens with zero attached hydrogens (tertiary/aromatic N) is 2. The van der Waals surface area contributed by atoms with Gasteiger partial charge in [-0.1, -0.05) is 54.6 Å². The molecule has 0 bridgehead atoms. The summed E-state index contributed by atoms with van der Waals surface area (Å²) in [4.78, 5) is 6.84. The largest absolute Gasteiger partial charge is 0.380 e. The maximum Gasteiger partial charge on any atom is 0.193 e. The van der Waals surface area contributed by atoms with E-state index in [-0.39, 0.29) is 24.0 Å². The highest BCUT2D eigenvalue weighted by molar-refractivity contribution is 14.0. The zero-order chi connectivity index (χ0) is 17.5. The van der Waals surface area contributed by atoms with Crippen molar-refractivity contribution in [3.63, 3.8) is 0 Å². The number of halogens is 1. The number of guanidine groups is 1. The van der Waals surface area contributed by atoms with Crippen molar-refractivity contribution >= 4 is 29.9 Å². The molecule has 5 heteroatoms. The number of nitrogens with one attached hydrogen (secondary N) is 1. The van der Waals surface area contributed by atoms with E-state index >= 15 is 0 Å². The summed E-state index contributed by atoms with van der Waals surface area (Å²) in [6, 6.07) is 19.3. The highest BCUT2D eigenvalue weighted by Crippen LogP contribution is 2.26. The van der Waals surface area contributed by atoms with Gasteiger partial charge in [0.1, 0.15) is 0 Å². The first kappa shape index (κ1) is 20.7. The van der Waals surface area contributed by atoms with Crippen LogP contribution in [0.15, 0.2) is 59.6 Å². The van der Waals surface area contributed by atoms with Crippen LogP contribution in [-0.2, 0) is 17.9 Å². The minimum Gasteiger partial charge on any atom is -0.380 e. The first-order valence-electron chi connectivity index (χ1n) is 8.87. The highest BCUT2D eigenvalue weighted by Gasteiger charge is 2.25. The first-order chi connectivity index (χ1) is 12.3. The standard InChI is InChI=1S/C21H27N3O.HI/c1-22-21(23-14-17-7-6-8-18(13-17)16-25-2)24-12-11-20(15-24)19-9-4-3-5-10-19;/h3-10,13,20H,11-12,14-16H2,1-2H3,(H,22,23);1H. The number of hydrogen-bond acceptors (Lipinski definition) is 2. The maximum absolute atomic E-state index is 5.21. The fourth-order valence-electron chi connectivity index (χ4n) is 3.46. The molecule has 1 heterocycles. The van der Waals surface area contributed by atoms with E-state index in [4.69, 9.17) is 4.74 Å². The number of aliphatic imine (C=N–C) groups is 1. The van der Waals surface area contributed by atoms with Crippen molar-refractivity contribution in [1.82, 2.24) is 10.2 Å². The van der Waals surface area contributed by atoms with Gasteiger partial charge in [-0.05, 0) is 23.1 Å². The molecule has 0 amide bonds. The molecule has 0 saturated carbocycles. The molecule has 0 aliphatic carbocycles. The minimum absolute atomic E-state index is 0. The van der Waals surface area contributed by atoms with Crippen molar-refractivity contribution in [2.75, 3.05) is 27.2 Å². The normalized spacial score (nSPS) is 17.1. The molecule has 1 N–H and O–H groups in total. The van der Waals surface area contributed by atoms with E-state index in [0.29, 0.717) is 12.5 Å². The predicted molar refractivity (Wildman–Crippen MR) is 118 cm³/mol. The van der Waals surface area contributed by atoms with Crippen LogP contribution in [0.25, 0.3) is 0 Å². The Hall–Kier alpha value is -1.60. The molecule has 140 valence electrons. The fourth-order valence-corrected chi connectivity index (χ4v) is 3.46. The number of rotatable bonds is 5. The van der Waals surface area contributed by atoms with Gasteiger partial charge >= 0.3 is 0 Å². The molecule has 26 heavy (non-hydrogen) atoms. The molecule has 0 aromatic heterocycles. The summed E-state index contributed by atoms with van der Waals surface area (Å²) in [5, 5.41) is 3.50. The Morgan fingerprint density at radius 1 is 1.15 bits per heavy atom. The topological polar surface area (TPSA) is 36.9 Å². The lowest BCUT2D eigenvalue weighted by atomic mass is 9.99. The van der Waals surface area contributed by atoms with E-state index in [1.165, 1.54) is 23.1 Å². The predicted octanol–water partition coefficient (Wildman–Crippen LogP) is 4.02. The zero-order valence-electron chi connectivity index (χ0n) is 15.5. The molecule has 2 aromatic rings. The molecule has 1 saturated heterocycles. The minimum atomic E-state index is 0. The number of methoxy groups -OCH3 is 1. The first-order valence-corrected chi connectivity index (χ1v) is 8.87. The van der Waals surface area contributed by atoms with Crippen molar-refractivity contribution in [1.29, 1.82) is 0 Å². The third kappa shape index (κ3) is 5.45. The van der Waals surface area contributed by atoms with E-state index in [1.54, 1.807) is 7.11 Å². The second-order valence-electron chi connectivity index (χ2n) is 6.50. The van der Waals surface area contributed by atoms with Crippen molar-refractivity contribution in [3.8, 4) is 0 Å². The Balaban J connectivity index is 0.00000243. The number of ether oxygens (including phenoxy) is 1. The van der Waals surface area contributed by atoms with Crippen LogP contribution >= 0.6 is 24.0 Å². The van der Waals surface area contributed by atoms with Gasteiger partial charge in [0.15, 0.2) is 5.96 Å². The van der Waals surface area contributed by atoms with Gasteiger partial charge in [-0.2, -0.15) is 0 Å². The average molecular weight is 465 g/mol. The van der Waals surface area contributed by atoms with Gasteiger partial charge in [0, 0.05) is 39.7 Å². The van der Waals surface area contributed by atoms with Crippen LogP contribution in [0.4, 0.5) is 0 Å². The zero-order valence-corrected chi connectivity index (χ0v) is 17.9. The van der Waals surface area contributed by atoms with Crippen LogP contribution in [0.3, 0.4) is 0 Å². The Kier molecular flexibility index (Phi) is 8.38. The fraction of sp³-hybridized carbons (Fsp3) is 0.381. The van der Waals surface area contributed by atoms with Crippen LogP contribution in [0.2, 0.25) is 0 Å². The molecule has 0 radical (unpaired) electrons. The molecule has 2 aromatic carbocycles. The molecular weight excluding hydrogens is 437 g/mol. The lowest BCUT2D eigenvalue weighted by Gasteiger charge is -2.22. The maximum atomic E-state index is 5.21. The van der Waals surface area contributed by atoms with Crippen LogP contribution in [0.5, 0.6) is 0 Å². The SMILES string of the molecule is CN=C(NCc1cccc(COC)c1)N1CCC(c2ccccc2)C1.I. The number of likely N-dealkylation sites (tertiary alicyclic amines) is 1. The summed E-state index contributed by atoms with van der Waals surface area (Å²) in [6.07, 6.45) is 1.17. The lowest BCUT2D eigenvalue weighted by molar-refractivity contribution is 0.185. The van der Waals surface area contributed by atoms with Crippen molar-refractivity contribution in [2.45, 2.75) is 25.5 Å². The molecule has 4 nitrogen and oxygen atoms in total. The smallest absolute Gasteiger partial charge is 0.193 e. The van der Waals surface area contributed by atoms with Gasteiger partial charge in [0.05, 0.1) is 6.61 Å². The van der Waals surface area contributed by atoms with Gasteiger partial charge in [0.25, 0.3) is 0 Å².